The van der Waals surface area contributed by atoms with Gasteiger partial charge in [-0.05, 0) is 62.2 Å². The van der Waals surface area contributed by atoms with Crippen LogP contribution < -0.4 is 5.32 Å². The van der Waals surface area contributed by atoms with E-state index in [2.05, 4.69) is 15.4 Å². The van der Waals surface area contributed by atoms with Crippen LogP contribution in [0.4, 0.5) is 5.69 Å². The fraction of sp³-hybridized carbons (Fsp3) is 0.185. The van der Waals surface area contributed by atoms with Crippen LogP contribution in [0.15, 0.2) is 66.3 Å². The average Bonchev–Trinajstić information content (AvgIpc) is 3.57. The smallest absolute Gasteiger partial charge is 0.305 e. The molecule has 1 N–H and O–H groups in total. The third kappa shape index (κ3) is 4.65. The summed E-state index contributed by atoms with van der Waals surface area (Å²) in [5.74, 6) is -0.433. The Balaban J connectivity index is 1.26. The number of aryl methyl sites for hydroxylation is 1. The number of ether oxygens (including phenoxy) is 1. The summed E-state index contributed by atoms with van der Waals surface area (Å²) >= 11 is 1.59. The third-order valence-electron chi connectivity index (χ3n) is 6.15. The molecule has 0 aliphatic carbocycles. The Labute approximate surface area is 212 Å². The van der Waals surface area contributed by atoms with Gasteiger partial charge in [0.2, 0.25) is 0 Å². The summed E-state index contributed by atoms with van der Waals surface area (Å²) in [5, 5.41) is 9.57. The van der Waals surface area contributed by atoms with Crippen molar-refractivity contribution >= 4 is 33.9 Å². The Hall–Kier alpha value is -4.24. The van der Waals surface area contributed by atoms with Gasteiger partial charge in [0.15, 0.2) is 4.96 Å². The van der Waals surface area contributed by atoms with Gasteiger partial charge in [-0.1, -0.05) is 12.1 Å². The molecular formula is C27H25N5O3S. The molecule has 0 bridgehead atoms. The van der Waals surface area contributed by atoms with Crippen molar-refractivity contribution in [1.82, 2.24) is 19.2 Å². The average molecular weight is 500 g/mol. The number of carbonyl (C=O) groups excluding carboxylic acids is 2. The molecule has 182 valence electrons. The minimum absolute atomic E-state index is 0.191. The maximum atomic E-state index is 12.8. The number of anilines is 1. The maximum Gasteiger partial charge on any atom is 0.305 e. The molecule has 2 aromatic carbocycles. The third-order valence-corrected chi connectivity index (χ3v) is 6.92. The van der Waals surface area contributed by atoms with Gasteiger partial charge in [-0.3, -0.25) is 14.0 Å². The normalized spacial score (nSPS) is 11.1. The van der Waals surface area contributed by atoms with Gasteiger partial charge in [0.25, 0.3) is 5.91 Å². The summed E-state index contributed by atoms with van der Waals surface area (Å²) in [5.41, 5.74) is 6.86. The minimum Gasteiger partial charge on any atom is -0.469 e. The molecule has 1 amide bonds. The topological polar surface area (TPSA) is 90.5 Å². The first-order valence-corrected chi connectivity index (χ1v) is 12.4. The van der Waals surface area contributed by atoms with Crippen molar-refractivity contribution < 1.29 is 14.3 Å². The van der Waals surface area contributed by atoms with E-state index in [4.69, 9.17) is 4.74 Å². The molecule has 0 unspecified atom stereocenters. The first-order chi connectivity index (χ1) is 17.4. The highest BCUT2D eigenvalue weighted by Gasteiger charge is 2.15. The quantitative estimate of drug-likeness (QED) is 0.310. The monoisotopic (exact) mass is 499 g/mol. The zero-order chi connectivity index (χ0) is 25.2. The van der Waals surface area contributed by atoms with Crippen molar-refractivity contribution in [3.8, 4) is 16.9 Å². The zero-order valence-corrected chi connectivity index (χ0v) is 21.0. The Morgan fingerprint density at radius 2 is 1.81 bits per heavy atom. The fourth-order valence-corrected chi connectivity index (χ4v) is 4.87. The number of carbonyl (C=O) groups is 2. The minimum atomic E-state index is -0.243. The molecule has 0 fully saturated rings. The lowest BCUT2D eigenvalue weighted by Crippen LogP contribution is -2.12. The number of hydrogen-bond donors (Lipinski definition) is 1. The molecule has 3 heterocycles. The van der Waals surface area contributed by atoms with Crippen molar-refractivity contribution in [3.05, 3.63) is 88.8 Å². The van der Waals surface area contributed by atoms with Gasteiger partial charge < -0.3 is 10.1 Å². The molecule has 0 atom stereocenters. The predicted octanol–water partition coefficient (Wildman–Crippen LogP) is 5.22. The summed E-state index contributed by atoms with van der Waals surface area (Å²) in [6, 6.07) is 14.9. The van der Waals surface area contributed by atoms with Crippen LogP contribution in [0.2, 0.25) is 0 Å². The highest BCUT2D eigenvalue weighted by atomic mass is 32.1. The van der Waals surface area contributed by atoms with E-state index in [1.807, 2.05) is 77.1 Å². The van der Waals surface area contributed by atoms with Gasteiger partial charge in [-0.15, -0.1) is 11.3 Å². The predicted molar refractivity (Wildman–Crippen MR) is 140 cm³/mol. The molecule has 36 heavy (non-hydrogen) atoms. The van der Waals surface area contributed by atoms with E-state index in [0.29, 0.717) is 24.1 Å². The van der Waals surface area contributed by atoms with E-state index < -0.39 is 0 Å². The summed E-state index contributed by atoms with van der Waals surface area (Å²) < 4.78 is 8.58. The van der Waals surface area contributed by atoms with E-state index >= 15 is 0 Å². The number of nitrogens with zero attached hydrogens (tertiary/aromatic N) is 4. The van der Waals surface area contributed by atoms with E-state index in [1.54, 1.807) is 23.5 Å². The summed E-state index contributed by atoms with van der Waals surface area (Å²) in [7, 11) is 1.39. The number of fused-ring (bicyclic) bond motifs is 1. The van der Waals surface area contributed by atoms with Crippen LogP contribution in [0.5, 0.6) is 0 Å². The number of methoxy groups -OCH3 is 1. The summed E-state index contributed by atoms with van der Waals surface area (Å²) in [6.07, 6.45) is 4.86. The van der Waals surface area contributed by atoms with Gasteiger partial charge in [-0.2, -0.15) is 5.10 Å². The van der Waals surface area contributed by atoms with Crippen molar-refractivity contribution in [2.45, 2.75) is 26.7 Å². The standard InChI is InChI=1S/C27H25N5O3S/c1-17-23(12-13-25(33)35-3)18(2)32(30-17)22-10-6-20(7-11-22)26(34)28-21-8-4-19(5-9-21)24-16-31-14-15-36-27(31)29-24/h4-11,14-16H,12-13H2,1-3H3,(H,28,34). The second-order valence-electron chi connectivity index (χ2n) is 8.43. The summed E-state index contributed by atoms with van der Waals surface area (Å²) in [6.45, 7) is 3.91. The first kappa shape index (κ1) is 23.5. The summed E-state index contributed by atoms with van der Waals surface area (Å²) in [4.78, 5) is 29.9. The molecule has 0 saturated heterocycles. The largest absolute Gasteiger partial charge is 0.469 e. The molecule has 5 aromatic rings. The number of rotatable bonds is 7. The Morgan fingerprint density at radius 1 is 1.06 bits per heavy atom. The molecular weight excluding hydrogens is 474 g/mol. The molecule has 9 heteroatoms. The van der Waals surface area contributed by atoms with Crippen LogP contribution in [-0.2, 0) is 16.0 Å². The number of amides is 1. The van der Waals surface area contributed by atoms with Crippen molar-refractivity contribution in [2.24, 2.45) is 0 Å². The molecule has 0 aliphatic rings. The molecule has 0 radical (unpaired) electrons. The van der Waals surface area contributed by atoms with Gasteiger partial charge in [0, 0.05) is 46.7 Å². The van der Waals surface area contributed by atoms with Gasteiger partial charge in [0.05, 0.1) is 24.2 Å². The van der Waals surface area contributed by atoms with Crippen LogP contribution in [-0.4, -0.2) is 38.2 Å². The van der Waals surface area contributed by atoms with E-state index in [9.17, 15) is 9.59 Å². The zero-order valence-electron chi connectivity index (χ0n) is 20.2. The highest BCUT2D eigenvalue weighted by Crippen LogP contribution is 2.24. The molecule has 0 spiro atoms. The number of nitrogens with one attached hydrogen (secondary N) is 1. The van der Waals surface area contributed by atoms with Gasteiger partial charge in [0.1, 0.15) is 0 Å². The number of benzene rings is 2. The first-order valence-electron chi connectivity index (χ1n) is 11.5. The Bertz CT molecular complexity index is 1520. The maximum absolute atomic E-state index is 12.8. The second kappa shape index (κ2) is 9.79. The highest BCUT2D eigenvalue weighted by molar-refractivity contribution is 7.15. The number of aromatic nitrogens is 4. The Kier molecular flexibility index (Phi) is 6.39. The van der Waals surface area contributed by atoms with Crippen LogP contribution in [0.1, 0.15) is 33.7 Å². The SMILES string of the molecule is COC(=O)CCc1c(C)nn(-c2ccc(C(=O)Nc3ccc(-c4cn5ccsc5n4)cc3)cc2)c1C. The molecule has 0 aliphatic heterocycles. The molecule has 0 saturated carbocycles. The molecule has 3 aromatic heterocycles. The van der Waals surface area contributed by atoms with Crippen molar-refractivity contribution in [3.63, 3.8) is 0 Å². The molecule has 8 nitrogen and oxygen atoms in total. The van der Waals surface area contributed by atoms with Crippen molar-refractivity contribution in [1.29, 1.82) is 0 Å². The fourth-order valence-electron chi connectivity index (χ4n) is 4.17. The van der Waals surface area contributed by atoms with Crippen LogP contribution >= 0.6 is 11.3 Å². The lowest BCUT2D eigenvalue weighted by molar-refractivity contribution is -0.140. The van der Waals surface area contributed by atoms with Crippen LogP contribution in [0.25, 0.3) is 21.9 Å². The van der Waals surface area contributed by atoms with Crippen molar-refractivity contribution in [2.75, 3.05) is 12.4 Å². The lowest BCUT2D eigenvalue weighted by Gasteiger charge is -2.09. The van der Waals surface area contributed by atoms with E-state index in [1.165, 1.54) is 7.11 Å². The van der Waals surface area contributed by atoms with Gasteiger partial charge in [-0.25, -0.2) is 9.67 Å². The van der Waals surface area contributed by atoms with Crippen LogP contribution in [0, 0.1) is 13.8 Å². The number of imidazole rings is 1. The molecule has 5 rings (SSSR count). The van der Waals surface area contributed by atoms with Crippen LogP contribution in [0.3, 0.4) is 0 Å². The second-order valence-corrected chi connectivity index (χ2v) is 9.31. The number of hydrogen-bond acceptors (Lipinski definition) is 6. The van der Waals surface area contributed by atoms with E-state index in [0.717, 1.165) is 38.9 Å². The number of esters is 1. The number of thiazole rings is 1. The lowest BCUT2D eigenvalue weighted by atomic mass is 10.1. The van der Waals surface area contributed by atoms with E-state index in [-0.39, 0.29) is 11.9 Å². The Morgan fingerprint density at radius 3 is 2.50 bits per heavy atom. The van der Waals surface area contributed by atoms with Gasteiger partial charge >= 0.3 is 5.97 Å².